The molecule has 0 aliphatic heterocycles. The van der Waals surface area contributed by atoms with Crippen LogP contribution >= 0.6 is 0 Å². The molecule has 5 nitrogen and oxygen atoms in total. The molecule has 0 rings (SSSR count). The Bertz CT molecular complexity index is 95.6. The van der Waals surface area contributed by atoms with E-state index in [1.807, 2.05) is 0 Å². The maximum Gasteiger partial charge on any atom is 2.00 e. The molecule has 0 spiro atoms. The third kappa shape index (κ3) is 84.7. The van der Waals surface area contributed by atoms with Gasteiger partial charge in [-0.25, -0.2) is 0 Å². The van der Waals surface area contributed by atoms with Crippen molar-refractivity contribution in [3.05, 3.63) is 0 Å². The van der Waals surface area contributed by atoms with Gasteiger partial charge in [0.05, 0.1) is 0 Å². The first kappa shape index (κ1) is 22.4. The zero-order valence-corrected chi connectivity index (χ0v) is 11.6. The van der Waals surface area contributed by atoms with Gasteiger partial charge in [0.1, 0.15) is 0 Å². The quantitative estimate of drug-likeness (QED) is 0.390. The van der Waals surface area contributed by atoms with Crippen LogP contribution in [-0.2, 0) is 40.7 Å². The zero-order valence-electron chi connectivity index (χ0n) is 4.20. The number of hydrogen-bond donors (Lipinski definition) is 0. The van der Waals surface area contributed by atoms with Gasteiger partial charge in [0.25, 0.3) is 0 Å². The summed E-state index contributed by atoms with van der Waals surface area (Å²) in [4.78, 5) is 0. The van der Waals surface area contributed by atoms with Crippen LogP contribution in [0.25, 0.3) is 0 Å². The summed E-state index contributed by atoms with van der Waals surface area (Å²) in [7, 11) is 0. The number of rotatable bonds is 0. The molecule has 0 aromatic heterocycles. The van der Waals surface area contributed by atoms with Crippen LogP contribution in [0.4, 0.5) is 0 Å². The van der Waals surface area contributed by atoms with Crippen molar-refractivity contribution < 1.29 is 106 Å². The van der Waals surface area contributed by atoms with E-state index >= 15 is 0 Å². The average Bonchev–Trinajstić information content (AvgIpc) is 0.722. The Hall–Kier alpha value is 2.27. The molecule has 0 unspecified atom stereocenters. The monoisotopic (exact) mass is 236 g/mol. The molecule has 8 heteroatoms. The van der Waals surface area contributed by atoms with Gasteiger partial charge >= 0.3 is 100 Å². The molecule has 0 saturated heterocycles. The van der Waals surface area contributed by atoms with Gasteiger partial charge in [0, 0.05) is 0 Å². The minimum Gasteiger partial charge on any atom is 2.00 e. The van der Waals surface area contributed by atoms with Crippen molar-refractivity contribution in [3.8, 4) is 0 Å². The molecule has 0 heterocycles. The van der Waals surface area contributed by atoms with Gasteiger partial charge in [0.15, 0.2) is 0 Å². The second-order valence-corrected chi connectivity index (χ2v) is 1.68. The molecule has 0 atom stereocenters. The fourth-order valence-electron chi connectivity index (χ4n) is 0. The van der Waals surface area contributed by atoms with E-state index in [1.165, 1.54) is 0 Å². The third-order valence-corrected chi connectivity index (χ3v) is 0. The van der Waals surface area contributed by atoms with Gasteiger partial charge in [-0.3, -0.25) is 0 Å². The first-order chi connectivity index (χ1) is 2.00. The Balaban J connectivity index is -0.0000000267. The van der Waals surface area contributed by atoms with E-state index in [4.69, 9.17) is 15.9 Å². The van der Waals surface area contributed by atoms with Crippen LogP contribution in [0.15, 0.2) is 0 Å². The molecule has 0 fully saturated rings. The van der Waals surface area contributed by atoms with Gasteiger partial charge in [-0.05, 0) is 0 Å². The maximum atomic E-state index is 8.59. The minimum absolute atomic E-state index is 0. The fourth-order valence-corrected chi connectivity index (χ4v) is 0. The molecule has 0 aromatic carbocycles. The van der Waals surface area contributed by atoms with Crippen LogP contribution in [0.2, 0.25) is 0 Å². The first-order valence-electron chi connectivity index (χ1n) is 0.667. The summed E-state index contributed by atoms with van der Waals surface area (Å²) in [5.41, 5.74) is 0. The molecule has 0 radical (unpaired) electrons. The summed E-state index contributed by atoms with van der Waals surface area (Å²) in [6.07, 6.45) is 0. The van der Waals surface area contributed by atoms with Gasteiger partial charge in [-0.1, -0.05) is 0 Å². The van der Waals surface area contributed by atoms with Crippen molar-refractivity contribution in [2.24, 2.45) is 0 Å². The Morgan fingerprint density at radius 2 is 1.12 bits per heavy atom. The minimum atomic E-state index is -5.75. The van der Waals surface area contributed by atoms with E-state index in [-0.39, 0.29) is 76.3 Å². The van der Waals surface area contributed by atoms with E-state index in [9.17, 15) is 0 Å². The smallest absolute Gasteiger partial charge is 2.00 e. The van der Waals surface area contributed by atoms with E-state index in [2.05, 4.69) is 0 Å². The SMILES string of the molecule is [K+].[OH-].[O]=[Cr](=[O])([O-])[O-].[Zn+2]. The maximum absolute atomic E-state index is 8.59. The molecular weight excluding hydrogens is 236 g/mol. The van der Waals surface area contributed by atoms with E-state index in [0.717, 1.165) is 0 Å². The van der Waals surface area contributed by atoms with Crippen molar-refractivity contribution in [3.63, 3.8) is 0 Å². The zero-order chi connectivity index (χ0) is 4.50. The average molecular weight is 237 g/mol. The summed E-state index contributed by atoms with van der Waals surface area (Å²) >= 11 is -5.75. The molecule has 40 valence electrons. The third-order valence-electron chi connectivity index (χ3n) is 0. The summed E-state index contributed by atoms with van der Waals surface area (Å²) in [5.74, 6) is 0. The topological polar surface area (TPSA) is 110 Å². The number of hydrogen-bond acceptors (Lipinski definition) is 5. The summed E-state index contributed by atoms with van der Waals surface area (Å²) in [5, 5.41) is 0. The molecule has 0 amide bonds. The van der Waals surface area contributed by atoms with Crippen molar-refractivity contribution >= 4 is 0 Å². The van der Waals surface area contributed by atoms with E-state index in [1.54, 1.807) is 0 Å². The predicted molar refractivity (Wildman–Crippen MR) is 3.31 cm³/mol. The molecule has 8 heavy (non-hydrogen) atoms. The first-order valence-corrected chi connectivity index (χ1v) is 2.75. The molecule has 0 aromatic rings. The largest absolute Gasteiger partial charge is 2.00 e. The van der Waals surface area contributed by atoms with Crippen LogP contribution < -0.4 is 59.7 Å². The van der Waals surface area contributed by atoms with Crippen LogP contribution in [-0.4, -0.2) is 5.48 Å². The van der Waals surface area contributed by atoms with Crippen molar-refractivity contribution in [2.75, 3.05) is 0 Å². The standard InChI is InChI=1S/Cr.K.H2O.4O.Zn/h;;1H2;;;;;/q;+1;;;;2*-1;+2/p-1. The Kier molecular flexibility index (Phi) is 26.0. The Morgan fingerprint density at radius 3 is 1.12 bits per heavy atom. The molecular formula is HCrKO5Zn. The van der Waals surface area contributed by atoms with E-state index < -0.39 is 13.6 Å². The second-order valence-electron chi connectivity index (χ2n) is 0.408. The van der Waals surface area contributed by atoms with Crippen LogP contribution in [0, 0.1) is 0 Å². The molecule has 0 bridgehead atoms. The molecule has 0 aliphatic carbocycles. The van der Waals surface area contributed by atoms with Crippen LogP contribution in [0.1, 0.15) is 0 Å². The van der Waals surface area contributed by atoms with Crippen molar-refractivity contribution in [1.29, 1.82) is 0 Å². The Morgan fingerprint density at radius 1 is 1.12 bits per heavy atom. The predicted octanol–water partition coefficient (Wildman–Crippen LogP) is -5.79. The normalized spacial score (nSPS) is 7.25. The van der Waals surface area contributed by atoms with Crippen LogP contribution in [0.3, 0.4) is 0 Å². The van der Waals surface area contributed by atoms with Crippen molar-refractivity contribution in [1.82, 2.24) is 0 Å². The van der Waals surface area contributed by atoms with Gasteiger partial charge in [0.2, 0.25) is 0 Å². The van der Waals surface area contributed by atoms with E-state index in [0.29, 0.717) is 0 Å². The Labute approximate surface area is 104 Å². The second kappa shape index (κ2) is 9.27. The molecule has 0 saturated carbocycles. The summed E-state index contributed by atoms with van der Waals surface area (Å²) in [6, 6.07) is 0. The van der Waals surface area contributed by atoms with Gasteiger partial charge < -0.3 is 5.48 Å². The van der Waals surface area contributed by atoms with Crippen molar-refractivity contribution in [2.45, 2.75) is 0 Å². The fraction of sp³-hybridized carbons (Fsp3) is 0. The van der Waals surface area contributed by atoms with Gasteiger partial charge in [-0.15, -0.1) is 0 Å². The summed E-state index contributed by atoms with van der Waals surface area (Å²) in [6.45, 7) is 0. The van der Waals surface area contributed by atoms with Gasteiger partial charge in [-0.2, -0.15) is 0 Å². The summed E-state index contributed by atoms with van der Waals surface area (Å²) < 4.78 is 34.4. The molecule has 1 N–H and O–H groups in total. The van der Waals surface area contributed by atoms with Crippen LogP contribution in [0.5, 0.6) is 0 Å². The molecule has 0 aliphatic rings.